The number of nitrogens with two attached hydrogens (primary N) is 1. The number of nitrogen functional groups attached to an aromatic ring is 1. The molecule has 0 aromatic carbocycles. The van der Waals surface area contributed by atoms with Crippen LogP contribution in [-0.2, 0) is 28.9 Å². The number of rotatable bonds is 12. The molecule has 1 aromatic rings. The number of ketones is 2. The second kappa shape index (κ2) is 10.1. The molecule has 2 unspecified atom stereocenters. The maximum Gasteiger partial charge on any atom is 0.350 e. The second-order valence-corrected chi connectivity index (χ2v) is 8.37. The molecule has 3 atom stereocenters. The molecule has 1 aliphatic rings. The summed E-state index contributed by atoms with van der Waals surface area (Å²) in [6, 6.07) is 0. The highest BCUT2D eigenvalue weighted by Crippen LogP contribution is 2.40. The zero-order valence-corrected chi connectivity index (χ0v) is 18.4. The fourth-order valence-corrected chi connectivity index (χ4v) is 3.43. The van der Waals surface area contributed by atoms with Crippen LogP contribution in [0.1, 0.15) is 32.9 Å². The van der Waals surface area contributed by atoms with Gasteiger partial charge in [0.25, 0.3) is 5.91 Å². The fourth-order valence-electron chi connectivity index (χ4n) is 2.88. The number of thiazole rings is 1. The van der Waals surface area contributed by atoms with Crippen LogP contribution < -0.4 is 5.73 Å². The predicted molar refractivity (Wildman–Crippen MR) is 109 cm³/mol. The molecular formula is C18H24N4O9S. The van der Waals surface area contributed by atoms with Crippen molar-refractivity contribution in [3.63, 3.8) is 0 Å². The fraction of sp³-hybridized carbons (Fsp3) is 0.556. The molecule has 0 radical (unpaired) electrons. The lowest BCUT2D eigenvalue weighted by Crippen LogP contribution is -2.69. The van der Waals surface area contributed by atoms with Gasteiger partial charge in [0, 0.05) is 11.8 Å². The quantitative estimate of drug-likeness (QED) is 0.164. The maximum atomic E-state index is 13.0. The Hall–Kier alpha value is -2.94. The highest BCUT2D eigenvalue weighted by Gasteiger charge is 2.57. The van der Waals surface area contributed by atoms with Crippen molar-refractivity contribution in [2.75, 3.05) is 18.9 Å². The van der Waals surface area contributed by atoms with Gasteiger partial charge in [-0.3, -0.25) is 19.2 Å². The van der Waals surface area contributed by atoms with Gasteiger partial charge in [0.1, 0.15) is 5.69 Å². The number of aromatic nitrogens is 1. The maximum absolute atomic E-state index is 13.0. The number of aliphatic hydroxyl groups is 2. The number of β-lactam (4-membered cyclic amide) rings is 1. The molecule has 32 heavy (non-hydrogen) atoms. The Morgan fingerprint density at radius 3 is 2.38 bits per heavy atom. The van der Waals surface area contributed by atoms with E-state index >= 15 is 0 Å². The van der Waals surface area contributed by atoms with Gasteiger partial charge in [0.2, 0.25) is 6.10 Å². The van der Waals surface area contributed by atoms with Crippen molar-refractivity contribution >= 4 is 45.6 Å². The van der Waals surface area contributed by atoms with Crippen molar-refractivity contribution in [2.45, 2.75) is 44.9 Å². The van der Waals surface area contributed by atoms with Crippen LogP contribution in [-0.4, -0.2) is 85.5 Å². The Labute approximate surface area is 186 Å². The van der Waals surface area contributed by atoms with Gasteiger partial charge in [-0.1, -0.05) is 5.16 Å². The van der Waals surface area contributed by atoms with Crippen LogP contribution in [0.3, 0.4) is 0 Å². The number of aliphatic carboxylic acids is 1. The summed E-state index contributed by atoms with van der Waals surface area (Å²) in [5, 5.41) is 33.3. The lowest BCUT2D eigenvalue weighted by Gasteiger charge is -2.52. The molecule has 13 nitrogen and oxygen atoms in total. The largest absolute Gasteiger partial charge is 0.478 e. The minimum atomic E-state index is -1.71. The zero-order valence-electron chi connectivity index (χ0n) is 17.5. The average molecular weight is 472 g/mol. The van der Waals surface area contributed by atoms with Crippen molar-refractivity contribution in [1.29, 1.82) is 0 Å². The first kappa shape index (κ1) is 25.3. The molecule has 176 valence electrons. The minimum absolute atomic E-state index is 0.0224. The first-order chi connectivity index (χ1) is 14.9. The Kier molecular flexibility index (Phi) is 8.01. The van der Waals surface area contributed by atoms with E-state index in [9.17, 15) is 24.3 Å². The Morgan fingerprint density at radius 2 is 1.94 bits per heavy atom. The number of carbonyl (C=O) groups excluding carboxylic acids is 3. The topological polar surface area (TPSA) is 202 Å². The Balaban J connectivity index is 2.21. The number of carbonyl (C=O) groups is 4. The summed E-state index contributed by atoms with van der Waals surface area (Å²) in [5.74, 6) is -4.10. The lowest BCUT2D eigenvalue weighted by atomic mass is 9.74. The molecule has 0 saturated carbocycles. The number of carboxylic acids is 1. The van der Waals surface area contributed by atoms with Crippen LogP contribution in [0.2, 0.25) is 0 Å². The van der Waals surface area contributed by atoms with Gasteiger partial charge in [-0.05, 0) is 20.8 Å². The summed E-state index contributed by atoms with van der Waals surface area (Å²) in [5.41, 5.74) is 4.25. The monoisotopic (exact) mass is 472 g/mol. The molecule has 14 heteroatoms. The number of aliphatic hydroxyl groups excluding tert-OH is 2. The Morgan fingerprint density at radius 1 is 1.31 bits per heavy atom. The number of oxime groups is 1. The van der Waals surface area contributed by atoms with Crippen molar-refractivity contribution in [2.24, 2.45) is 11.1 Å². The first-order valence-corrected chi connectivity index (χ1v) is 10.3. The predicted octanol–water partition coefficient (Wildman–Crippen LogP) is -1.03. The van der Waals surface area contributed by atoms with E-state index < -0.39 is 60.3 Å². The van der Waals surface area contributed by atoms with E-state index in [0.29, 0.717) is 0 Å². The molecule has 0 aliphatic carbocycles. The smallest absolute Gasteiger partial charge is 0.350 e. The number of hydrogen-bond acceptors (Lipinski definition) is 12. The molecule has 0 bridgehead atoms. The SMILES string of the molecule is CC(=O)C(CO)ON1C(=O)[C@@H](CC(=O)/C(=N\OC(CO)C(=O)O)c2csc(N)n2)C1(C)C. The number of hydrogen-bond donors (Lipinski definition) is 4. The van der Waals surface area contributed by atoms with Crippen molar-refractivity contribution < 1.29 is 44.2 Å². The number of amides is 1. The third-order valence-electron chi connectivity index (χ3n) is 4.86. The Bertz CT molecular complexity index is 929. The lowest BCUT2D eigenvalue weighted by molar-refractivity contribution is -0.284. The van der Waals surface area contributed by atoms with Gasteiger partial charge in [-0.15, -0.1) is 11.3 Å². The number of anilines is 1. The van der Waals surface area contributed by atoms with E-state index in [0.717, 1.165) is 16.4 Å². The first-order valence-electron chi connectivity index (χ1n) is 9.38. The number of nitrogens with zero attached hydrogens (tertiary/aromatic N) is 3. The van der Waals surface area contributed by atoms with Gasteiger partial charge in [-0.2, -0.15) is 0 Å². The van der Waals surface area contributed by atoms with Gasteiger partial charge in [-0.25, -0.2) is 14.8 Å². The van der Waals surface area contributed by atoms with Gasteiger partial charge >= 0.3 is 5.97 Å². The number of Topliss-reactive ketones (excluding diaryl/α,β-unsaturated/α-hetero) is 2. The third kappa shape index (κ3) is 5.27. The van der Waals surface area contributed by atoms with Crippen LogP contribution in [0, 0.1) is 5.92 Å². The van der Waals surface area contributed by atoms with Crippen LogP contribution >= 0.6 is 11.3 Å². The normalized spacial score (nSPS) is 19.8. The van der Waals surface area contributed by atoms with Crippen LogP contribution in [0.25, 0.3) is 0 Å². The summed E-state index contributed by atoms with van der Waals surface area (Å²) < 4.78 is 0. The highest BCUT2D eigenvalue weighted by molar-refractivity contribution is 7.13. The summed E-state index contributed by atoms with van der Waals surface area (Å²) >= 11 is 1.01. The van der Waals surface area contributed by atoms with Crippen molar-refractivity contribution in [3.8, 4) is 0 Å². The highest BCUT2D eigenvalue weighted by atomic mass is 32.1. The van der Waals surface area contributed by atoms with Crippen molar-refractivity contribution in [3.05, 3.63) is 11.1 Å². The summed E-state index contributed by atoms with van der Waals surface area (Å²) in [4.78, 5) is 62.1. The number of hydroxylamine groups is 2. The minimum Gasteiger partial charge on any atom is -0.478 e. The summed E-state index contributed by atoms with van der Waals surface area (Å²) in [7, 11) is 0. The van der Waals surface area contributed by atoms with Crippen LogP contribution in [0.4, 0.5) is 5.13 Å². The molecular weight excluding hydrogens is 448 g/mol. The molecule has 1 amide bonds. The molecule has 2 rings (SSSR count). The number of carboxylic acid groups (broad SMARTS) is 1. The van der Waals surface area contributed by atoms with Gasteiger partial charge < -0.3 is 25.9 Å². The standard InChI is InChI=1S/C18H24N4O9S/c1-8(25)12(5-23)31-22-15(27)9(18(22,2)3)4-11(26)14(10-7-32-17(19)20-10)21-30-13(6-24)16(28)29/h7,9,12-13,23-24H,4-6H2,1-3H3,(H2,19,20)(H,28,29)/b21-14-/t9-,12?,13?/m1/s1. The molecule has 1 aromatic heterocycles. The van der Waals surface area contributed by atoms with E-state index in [1.54, 1.807) is 13.8 Å². The molecule has 1 aliphatic heterocycles. The third-order valence-corrected chi connectivity index (χ3v) is 5.53. The average Bonchev–Trinajstić information content (AvgIpc) is 3.14. The molecule has 5 N–H and O–H groups in total. The molecule has 0 spiro atoms. The van der Waals surface area contributed by atoms with E-state index in [2.05, 4.69) is 10.1 Å². The second-order valence-electron chi connectivity index (χ2n) is 7.48. The molecule has 2 heterocycles. The van der Waals surface area contributed by atoms with Gasteiger partial charge in [0.05, 0.1) is 24.7 Å². The summed E-state index contributed by atoms with van der Waals surface area (Å²) in [6.07, 6.45) is -3.28. The van der Waals surface area contributed by atoms with Gasteiger partial charge in [0.15, 0.2) is 28.5 Å². The van der Waals surface area contributed by atoms with Crippen molar-refractivity contribution in [1.82, 2.24) is 10.0 Å². The summed E-state index contributed by atoms with van der Waals surface area (Å²) in [6.45, 7) is 2.93. The molecule has 1 fully saturated rings. The van der Waals surface area contributed by atoms with Crippen LogP contribution in [0.5, 0.6) is 0 Å². The molecule has 1 saturated heterocycles. The van der Waals surface area contributed by atoms with E-state index in [1.165, 1.54) is 12.3 Å². The van der Waals surface area contributed by atoms with E-state index in [1.807, 2.05) is 0 Å². The van der Waals surface area contributed by atoms with E-state index in [-0.39, 0.29) is 23.0 Å². The van der Waals surface area contributed by atoms with Crippen LogP contribution in [0.15, 0.2) is 10.5 Å². The zero-order chi connectivity index (χ0) is 24.2. The van der Waals surface area contributed by atoms with E-state index in [4.69, 9.17) is 25.6 Å².